The van der Waals surface area contributed by atoms with Crippen molar-refractivity contribution < 1.29 is 13.9 Å². The molecule has 6 heteroatoms. The quantitative estimate of drug-likeness (QED) is 0.817. The number of aromatic nitrogens is 1. The number of rotatable bonds is 7. The molecule has 0 spiro atoms. The zero-order valence-electron chi connectivity index (χ0n) is 13.8. The first-order valence-corrected chi connectivity index (χ1v) is 7.85. The Hall–Kier alpha value is -2.47. The van der Waals surface area contributed by atoms with Crippen molar-refractivity contribution >= 4 is 5.91 Å². The minimum absolute atomic E-state index is 0.179. The molecule has 0 aliphatic heterocycles. The van der Waals surface area contributed by atoms with Gasteiger partial charge in [0.25, 0.3) is 0 Å². The molecule has 0 radical (unpaired) electrons. The van der Waals surface area contributed by atoms with E-state index in [1.807, 2.05) is 13.8 Å². The number of carbonyl (C=O) groups excluding carboxylic acids is 1. The van der Waals surface area contributed by atoms with Gasteiger partial charge in [0, 0.05) is 18.8 Å². The molecule has 24 heavy (non-hydrogen) atoms. The Morgan fingerprint density at radius 3 is 2.67 bits per heavy atom. The van der Waals surface area contributed by atoms with E-state index in [9.17, 15) is 9.18 Å². The molecular formula is C18H22FN3O2. The predicted octanol–water partition coefficient (Wildman–Crippen LogP) is 3.00. The summed E-state index contributed by atoms with van der Waals surface area (Å²) in [5, 5.41) is 2.81. The van der Waals surface area contributed by atoms with Crippen LogP contribution in [0.1, 0.15) is 25.8 Å². The summed E-state index contributed by atoms with van der Waals surface area (Å²) >= 11 is 0. The lowest BCUT2D eigenvalue weighted by Crippen LogP contribution is -2.41. The molecule has 1 heterocycles. The van der Waals surface area contributed by atoms with E-state index in [0.29, 0.717) is 30.5 Å². The van der Waals surface area contributed by atoms with E-state index in [1.165, 1.54) is 24.3 Å². The highest BCUT2D eigenvalue weighted by Crippen LogP contribution is 2.20. The van der Waals surface area contributed by atoms with E-state index >= 15 is 0 Å². The second-order valence-electron chi connectivity index (χ2n) is 6.01. The molecule has 0 bridgehead atoms. The molecular weight excluding hydrogens is 309 g/mol. The second kappa shape index (κ2) is 8.40. The first-order valence-electron chi connectivity index (χ1n) is 7.85. The molecule has 0 aliphatic carbocycles. The minimum atomic E-state index is -0.512. The number of hydrogen-bond donors (Lipinski definition) is 2. The third kappa shape index (κ3) is 5.62. The molecule has 1 amide bonds. The van der Waals surface area contributed by atoms with Gasteiger partial charge in [-0.05, 0) is 48.2 Å². The van der Waals surface area contributed by atoms with Gasteiger partial charge in [-0.25, -0.2) is 9.37 Å². The first-order chi connectivity index (χ1) is 11.4. The van der Waals surface area contributed by atoms with Crippen LogP contribution >= 0.6 is 0 Å². The van der Waals surface area contributed by atoms with Gasteiger partial charge in [0.05, 0.1) is 6.04 Å². The highest BCUT2D eigenvalue weighted by molar-refractivity contribution is 5.81. The zero-order valence-corrected chi connectivity index (χ0v) is 13.8. The number of carbonyl (C=O) groups is 1. The van der Waals surface area contributed by atoms with Crippen molar-refractivity contribution in [3.63, 3.8) is 0 Å². The summed E-state index contributed by atoms with van der Waals surface area (Å²) in [6.45, 7) is 4.39. The molecule has 2 rings (SSSR count). The standard InChI is InChI=1S/C18H22FN3O2/c1-12(2)9-16(20)18(23)22-11-13-7-8-21-17(10-13)24-15-5-3-14(19)4-6-15/h3-8,10,12,16H,9,11,20H2,1-2H3,(H,22,23)/t16-/m0/s1. The summed E-state index contributed by atoms with van der Waals surface area (Å²) in [6.07, 6.45) is 2.23. The highest BCUT2D eigenvalue weighted by atomic mass is 19.1. The van der Waals surface area contributed by atoms with Crippen LogP contribution in [0.2, 0.25) is 0 Å². The summed E-state index contributed by atoms with van der Waals surface area (Å²) in [5.41, 5.74) is 6.69. The van der Waals surface area contributed by atoms with Crippen LogP contribution < -0.4 is 15.8 Å². The molecule has 1 aromatic heterocycles. The van der Waals surface area contributed by atoms with Gasteiger partial charge in [0.2, 0.25) is 11.8 Å². The van der Waals surface area contributed by atoms with E-state index in [1.54, 1.807) is 18.3 Å². The number of nitrogens with two attached hydrogens (primary N) is 1. The Morgan fingerprint density at radius 1 is 1.29 bits per heavy atom. The third-order valence-corrected chi connectivity index (χ3v) is 3.36. The number of amides is 1. The number of hydrogen-bond acceptors (Lipinski definition) is 4. The maximum absolute atomic E-state index is 12.9. The van der Waals surface area contributed by atoms with Crippen molar-refractivity contribution in [1.29, 1.82) is 0 Å². The van der Waals surface area contributed by atoms with Crippen molar-refractivity contribution in [2.75, 3.05) is 0 Å². The van der Waals surface area contributed by atoms with Crippen molar-refractivity contribution in [3.8, 4) is 11.6 Å². The van der Waals surface area contributed by atoms with E-state index < -0.39 is 6.04 Å². The summed E-state index contributed by atoms with van der Waals surface area (Å²) < 4.78 is 18.5. The van der Waals surface area contributed by atoms with Crippen molar-refractivity contribution in [3.05, 3.63) is 54.0 Å². The number of pyridine rings is 1. The number of halogens is 1. The van der Waals surface area contributed by atoms with E-state index in [0.717, 1.165) is 5.56 Å². The summed E-state index contributed by atoms with van der Waals surface area (Å²) in [6, 6.07) is 8.67. The molecule has 1 atom stereocenters. The average molecular weight is 331 g/mol. The van der Waals surface area contributed by atoms with Crippen LogP contribution in [-0.2, 0) is 11.3 Å². The molecule has 1 aromatic carbocycles. The van der Waals surface area contributed by atoms with Gasteiger partial charge in [-0.15, -0.1) is 0 Å². The monoisotopic (exact) mass is 331 g/mol. The molecule has 2 aromatic rings. The number of benzene rings is 1. The van der Waals surface area contributed by atoms with E-state index in [4.69, 9.17) is 10.5 Å². The molecule has 128 valence electrons. The minimum Gasteiger partial charge on any atom is -0.439 e. The molecule has 0 saturated heterocycles. The number of ether oxygens (including phenoxy) is 1. The fourth-order valence-corrected chi connectivity index (χ4v) is 2.17. The van der Waals surface area contributed by atoms with Gasteiger partial charge >= 0.3 is 0 Å². The largest absolute Gasteiger partial charge is 0.439 e. The molecule has 0 unspecified atom stereocenters. The van der Waals surface area contributed by atoms with Crippen LogP contribution in [0.25, 0.3) is 0 Å². The molecule has 3 N–H and O–H groups in total. The molecule has 5 nitrogen and oxygen atoms in total. The Balaban J connectivity index is 1.92. The normalized spacial score (nSPS) is 12.0. The predicted molar refractivity (Wildman–Crippen MR) is 90.0 cm³/mol. The van der Waals surface area contributed by atoms with Gasteiger partial charge in [0.1, 0.15) is 11.6 Å². The maximum atomic E-state index is 12.9. The smallest absolute Gasteiger partial charge is 0.237 e. The van der Waals surface area contributed by atoms with E-state index in [-0.39, 0.29) is 11.7 Å². The van der Waals surface area contributed by atoms with Gasteiger partial charge in [-0.2, -0.15) is 0 Å². The topological polar surface area (TPSA) is 77.2 Å². The van der Waals surface area contributed by atoms with Gasteiger partial charge in [-0.1, -0.05) is 13.8 Å². The van der Waals surface area contributed by atoms with Gasteiger partial charge in [-0.3, -0.25) is 4.79 Å². The Morgan fingerprint density at radius 2 is 2.00 bits per heavy atom. The Kier molecular flexibility index (Phi) is 6.26. The van der Waals surface area contributed by atoms with Gasteiger partial charge < -0.3 is 15.8 Å². The number of nitrogens with one attached hydrogen (secondary N) is 1. The average Bonchev–Trinajstić information content (AvgIpc) is 2.54. The van der Waals surface area contributed by atoms with Crippen LogP contribution in [0.4, 0.5) is 4.39 Å². The van der Waals surface area contributed by atoms with Crippen LogP contribution in [0.15, 0.2) is 42.6 Å². The summed E-state index contributed by atoms with van der Waals surface area (Å²) in [7, 11) is 0. The van der Waals surface area contributed by atoms with Crippen molar-refractivity contribution in [1.82, 2.24) is 10.3 Å². The first kappa shape index (κ1) is 17.9. The lowest BCUT2D eigenvalue weighted by Gasteiger charge is -2.14. The third-order valence-electron chi connectivity index (χ3n) is 3.36. The number of nitrogens with zero attached hydrogens (tertiary/aromatic N) is 1. The lowest BCUT2D eigenvalue weighted by atomic mass is 10.0. The molecule has 0 fully saturated rings. The summed E-state index contributed by atoms with van der Waals surface area (Å²) in [4.78, 5) is 16.0. The van der Waals surface area contributed by atoms with Crippen molar-refractivity contribution in [2.45, 2.75) is 32.9 Å². The highest BCUT2D eigenvalue weighted by Gasteiger charge is 2.14. The fourth-order valence-electron chi connectivity index (χ4n) is 2.17. The molecule has 0 saturated carbocycles. The van der Waals surface area contributed by atoms with Crippen LogP contribution in [-0.4, -0.2) is 16.9 Å². The lowest BCUT2D eigenvalue weighted by molar-refractivity contribution is -0.122. The molecule has 0 aliphatic rings. The van der Waals surface area contributed by atoms with Crippen LogP contribution in [0.5, 0.6) is 11.6 Å². The Labute approximate surface area is 141 Å². The van der Waals surface area contributed by atoms with Crippen LogP contribution in [0.3, 0.4) is 0 Å². The SMILES string of the molecule is CC(C)C[C@H](N)C(=O)NCc1ccnc(Oc2ccc(F)cc2)c1. The summed E-state index contributed by atoms with van der Waals surface area (Å²) in [5.74, 6) is 0.720. The maximum Gasteiger partial charge on any atom is 0.237 e. The second-order valence-corrected chi connectivity index (χ2v) is 6.01. The van der Waals surface area contributed by atoms with Crippen molar-refractivity contribution in [2.24, 2.45) is 11.7 Å². The van der Waals surface area contributed by atoms with Crippen LogP contribution in [0, 0.1) is 11.7 Å². The van der Waals surface area contributed by atoms with E-state index in [2.05, 4.69) is 10.3 Å². The zero-order chi connectivity index (χ0) is 17.5. The van der Waals surface area contributed by atoms with Gasteiger partial charge in [0.15, 0.2) is 0 Å². The fraction of sp³-hybridized carbons (Fsp3) is 0.333. The Bertz CT molecular complexity index is 674.